The smallest absolute Gasteiger partial charge is 0.252 e. The third-order valence-electron chi connectivity index (χ3n) is 2.81. The predicted octanol–water partition coefficient (Wildman–Crippen LogP) is 1.61. The minimum absolute atomic E-state index is 0.185. The van der Waals surface area contributed by atoms with E-state index in [1.807, 2.05) is 24.3 Å². The van der Waals surface area contributed by atoms with Crippen LogP contribution in [-0.2, 0) is 12.1 Å². The Morgan fingerprint density at radius 3 is 2.58 bits per heavy atom. The number of hydrogen-bond donors (Lipinski definition) is 3. The second kappa shape index (κ2) is 5.24. The number of H-pyrrole nitrogens is 1. The summed E-state index contributed by atoms with van der Waals surface area (Å²) < 4.78 is 0. The molecule has 3 N–H and O–H groups in total. The molecule has 0 amide bonds. The predicted molar refractivity (Wildman–Crippen MR) is 73.9 cm³/mol. The van der Waals surface area contributed by atoms with Crippen molar-refractivity contribution < 1.29 is 5.11 Å². The van der Waals surface area contributed by atoms with Gasteiger partial charge in [0.25, 0.3) is 5.56 Å². The van der Waals surface area contributed by atoms with E-state index in [4.69, 9.17) is 0 Å². The number of rotatable bonds is 4. The van der Waals surface area contributed by atoms with Gasteiger partial charge in [-0.2, -0.15) is 0 Å². The maximum Gasteiger partial charge on any atom is 0.252 e. The molecule has 5 nitrogen and oxygen atoms in total. The van der Waals surface area contributed by atoms with Crippen LogP contribution in [0.1, 0.15) is 25.0 Å². The molecule has 100 valence electrons. The molecule has 1 aromatic carbocycles. The molecule has 0 aliphatic rings. The van der Waals surface area contributed by atoms with Crippen LogP contribution in [0, 0.1) is 0 Å². The van der Waals surface area contributed by atoms with Crippen molar-refractivity contribution in [1.29, 1.82) is 0 Å². The first kappa shape index (κ1) is 13.3. The molecule has 0 saturated heterocycles. The molecular weight excluding hydrogens is 242 g/mol. The van der Waals surface area contributed by atoms with Crippen molar-refractivity contribution >= 4 is 5.82 Å². The zero-order valence-corrected chi connectivity index (χ0v) is 11.0. The van der Waals surface area contributed by atoms with Crippen molar-refractivity contribution in [3.8, 4) is 0 Å². The Balaban J connectivity index is 2.03. The van der Waals surface area contributed by atoms with Crippen LogP contribution in [0.5, 0.6) is 0 Å². The maximum absolute atomic E-state index is 11.1. The summed E-state index contributed by atoms with van der Waals surface area (Å²) in [4.78, 5) is 17.6. The number of nitrogens with zero attached hydrogens (tertiary/aromatic N) is 1. The molecule has 1 aromatic heterocycles. The second-order valence-electron chi connectivity index (χ2n) is 4.91. The van der Waals surface area contributed by atoms with Gasteiger partial charge in [-0.25, -0.2) is 4.98 Å². The Labute approximate surface area is 111 Å². The average Bonchev–Trinajstić information content (AvgIpc) is 2.36. The average molecular weight is 259 g/mol. The van der Waals surface area contributed by atoms with Crippen molar-refractivity contribution in [3.05, 3.63) is 58.1 Å². The highest BCUT2D eigenvalue weighted by molar-refractivity contribution is 5.34. The summed E-state index contributed by atoms with van der Waals surface area (Å²) >= 11 is 0. The minimum atomic E-state index is -0.833. The van der Waals surface area contributed by atoms with Crippen LogP contribution in [0.4, 0.5) is 5.82 Å². The van der Waals surface area contributed by atoms with Crippen LogP contribution in [-0.4, -0.2) is 15.1 Å². The van der Waals surface area contributed by atoms with Crippen LogP contribution >= 0.6 is 0 Å². The van der Waals surface area contributed by atoms with E-state index in [1.54, 1.807) is 13.8 Å². The SMILES string of the molecule is CC(C)(O)c1ccc(CNc2cc(=O)[nH]cn2)cc1. The summed E-state index contributed by atoms with van der Waals surface area (Å²) in [5, 5.41) is 12.9. The van der Waals surface area contributed by atoms with Gasteiger partial charge in [0, 0.05) is 12.6 Å². The van der Waals surface area contributed by atoms with Crippen molar-refractivity contribution in [1.82, 2.24) is 9.97 Å². The lowest BCUT2D eigenvalue weighted by Gasteiger charge is -2.18. The van der Waals surface area contributed by atoms with E-state index in [0.717, 1.165) is 11.1 Å². The van der Waals surface area contributed by atoms with E-state index in [2.05, 4.69) is 15.3 Å². The van der Waals surface area contributed by atoms with Gasteiger partial charge in [0.15, 0.2) is 0 Å². The van der Waals surface area contributed by atoms with Crippen LogP contribution < -0.4 is 10.9 Å². The summed E-state index contributed by atoms with van der Waals surface area (Å²) in [6.45, 7) is 4.07. The second-order valence-corrected chi connectivity index (χ2v) is 4.91. The summed E-state index contributed by atoms with van der Waals surface area (Å²) in [7, 11) is 0. The van der Waals surface area contributed by atoms with Crippen LogP contribution in [0.25, 0.3) is 0 Å². The molecule has 1 heterocycles. The van der Waals surface area contributed by atoms with Crippen molar-refractivity contribution in [3.63, 3.8) is 0 Å². The van der Waals surface area contributed by atoms with Crippen LogP contribution in [0.2, 0.25) is 0 Å². The fourth-order valence-corrected chi connectivity index (χ4v) is 1.69. The minimum Gasteiger partial charge on any atom is -0.386 e. The number of hydrogen-bond acceptors (Lipinski definition) is 4. The normalized spacial score (nSPS) is 11.3. The van der Waals surface area contributed by atoms with Gasteiger partial charge in [0.1, 0.15) is 5.82 Å². The van der Waals surface area contributed by atoms with E-state index in [1.165, 1.54) is 12.4 Å². The van der Waals surface area contributed by atoms with Crippen molar-refractivity contribution in [2.45, 2.75) is 26.0 Å². The molecule has 0 unspecified atom stereocenters. The molecule has 5 heteroatoms. The lowest BCUT2D eigenvalue weighted by Crippen LogP contribution is -2.15. The van der Waals surface area contributed by atoms with Gasteiger partial charge >= 0.3 is 0 Å². The third-order valence-corrected chi connectivity index (χ3v) is 2.81. The highest BCUT2D eigenvalue weighted by atomic mass is 16.3. The number of aromatic amines is 1. The molecule has 0 atom stereocenters. The maximum atomic E-state index is 11.1. The highest BCUT2D eigenvalue weighted by Gasteiger charge is 2.14. The molecule has 0 aliphatic carbocycles. The van der Waals surface area contributed by atoms with Crippen LogP contribution in [0.3, 0.4) is 0 Å². The van der Waals surface area contributed by atoms with Crippen molar-refractivity contribution in [2.75, 3.05) is 5.32 Å². The standard InChI is InChI=1S/C14H17N3O2/c1-14(2,19)11-5-3-10(4-6-11)8-15-12-7-13(18)17-9-16-12/h3-7,9,19H,8H2,1-2H3,(H2,15,16,17,18). The lowest BCUT2D eigenvalue weighted by atomic mass is 9.97. The first-order chi connectivity index (χ1) is 8.95. The molecule has 0 radical (unpaired) electrons. The molecule has 0 saturated carbocycles. The van der Waals surface area contributed by atoms with E-state index in [-0.39, 0.29) is 5.56 Å². The molecule has 0 bridgehead atoms. The molecule has 0 spiro atoms. The Kier molecular flexibility index (Phi) is 3.66. The highest BCUT2D eigenvalue weighted by Crippen LogP contribution is 2.19. The molecular formula is C14H17N3O2. The summed E-state index contributed by atoms with van der Waals surface area (Å²) in [6, 6.07) is 9.07. The fourth-order valence-electron chi connectivity index (χ4n) is 1.69. The number of aromatic nitrogens is 2. The number of aliphatic hydroxyl groups is 1. The van der Waals surface area contributed by atoms with E-state index < -0.39 is 5.60 Å². The van der Waals surface area contributed by atoms with Crippen molar-refractivity contribution in [2.24, 2.45) is 0 Å². The van der Waals surface area contributed by atoms with Gasteiger partial charge in [-0.15, -0.1) is 0 Å². The van der Waals surface area contributed by atoms with Gasteiger partial charge in [0.05, 0.1) is 11.9 Å². The summed E-state index contributed by atoms with van der Waals surface area (Å²) in [6.07, 6.45) is 1.36. The van der Waals surface area contributed by atoms with Gasteiger partial charge in [-0.05, 0) is 25.0 Å². The Hall–Kier alpha value is -2.14. The van der Waals surface area contributed by atoms with Gasteiger partial charge in [-0.3, -0.25) is 4.79 Å². The quantitative estimate of drug-likeness (QED) is 0.779. The first-order valence-electron chi connectivity index (χ1n) is 6.05. The topological polar surface area (TPSA) is 78.0 Å². The first-order valence-corrected chi connectivity index (χ1v) is 6.05. The molecule has 0 fully saturated rings. The monoisotopic (exact) mass is 259 g/mol. The summed E-state index contributed by atoms with van der Waals surface area (Å²) in [5.74, 6) is 0.537. The summed E-state index contributed by atoms with van der Waals surface area (Å²) in [5.41, 5.74) is 0.899. The van der Waals surface area contributed by atoms with E-state index >= 15 is 0 Å². The number of nitrogens with one attached hydrogen (secondary N) is 2. The third kappa shape index (κ3) is 3.66. The Morgan fingerprint density at radius 2 is 2.00 bits per heavy atom. The largest absolute Gasteiger partial charge is 0.386 e. The Morgan fingerprint density at radius 1 is 1.32 bits per heavy atom. The number of anilines is 1. The molecule has 19 heavy (non-hydrogen) atoms. The fraction of sp³-hybridized carbons (Fsp3) is 0.286. The number of benzene rings is 1. The van der Waals surface area contributed by atoms with Gasteiger partial charge in [-0.1, -0.05) is 24.3 Å². The van der Waals surface area contributed by atoms with Gasteiger partial charge in [0.2, 0.25) is 0 Å². The molecule has 2 aromatic rings. The zero-order chi connectivity index (χ0) is 13.9. The molecule has 0 aliphatic heterocycles. The van der Waals surface area contributed by atoms with E-state index in [0.29, 0.717) is 12.4 Å². The van der Waals surface area contributed by atoms with Gasteiger partial charge < -0.3 is 15.4 Å². The Bertz CT molecular complexity index is 597. The molecule has 2 rings (SSSR count). The zero-order valence-electron chi connectivity index (χ0n) is 11.0. The van der Waals surface area contributed by atoms with Crippen LogP contribution in [0.15, 0.2) is 41.5 Å². The lowest BCUT2D eigenvalue weighted by molar-refractivity contribution is 0.0786. The van der Waals surface area contributed by atoms with E-state index in [9.17, 15) is 9.90 Å².